The summed E-state index contributed by atoms with van der Waals surface area (Å²) in [5.41, 5.74) is 2.79. The van der Waals surface area contributed by atoms with E-state index >= 15 is 0 Å². The van der Waals surface area contributed by atoms with Crippen LogP contribution in [0.3, 0.4) is 0 Å². The first-order valence-electron chi connectivity index (χ1n) is 9.12. The van der Waals surface area contributed by atoms with E-state index in [1.807, 2.05) is 72.6 Å². The summed E-state index contributed by atoms with van der Waals surface area (Å²) in [6.07, 6.45) is 0. The molecule has 29 heavy (non-hydrogen) atoms. The Morgan fingerprint density at radius 1 is 1.00 bits per heavy atom. The number of hydrogen-bond donors (Lipinski definition) is 0. The Bertz CT molecular complexity index is 1160. The summed E-state index contributed by atoms with van der Waals surface area (Å²) in [5, 5.41) is 11.1. The van der Waals surface area contributed by atoms with Crippen LogP contribution in [0, 0.1) is 10.1 Å². The summed E-state index contributed by atoms with van der Waals surface area (Å²) in [6.45, 7) is 0.210. The molecule has 4 rings (SSSR count). The average Bonchev–Trinajstić information content (AvgIpc) is 3.04. The lowest BCUT2D eigenvalue weighted by atomic mass is 9.98. The van der Waals surface area contributed by atoms with E-state index in [0.29, 0.717) is 11.1 Å². The minimum Gasteiger partial charge on any atom is -0.408 e. The fourth-order valence-corrected chi connectivity index (χ4v) is 3.57. The van der Waals surface area contributed by atoms with Gasteiger partial charge in [0.05, 0.1) is 23.2 Å². The van der Waals surface area contributed by atoms with Gasteiger partial charge in [-0.3, -0.25) is 19.6 Å². The summed E-state index contributed by atoms with van der Waals surface area (Å²) in [4.78, 5) is 25.1. The van der Waals surface area contributed by atoms with Gasteiger partial charge in [0.1, 0.15) is 0 Å². The molecule has 0 saturated heterocycles. The van der Waals surface area contributed by atoms with Crippen LogP contribution in [-0.4, -0.2) is 21.4 Å². The molecule has 0 aliphatic heterocycles. The lowest BCUT2D eigenvalue weighted by molar-refractivity contribution is -0.384. The third-order valence-electron chi connectivity index (χ3n) is 4.90. The summed E-state index contributed by atoms with van der Waals surface area (Å²) in [5.74, 6) is -0.549. The highest BCUT2D eigenvalue weighted by atomic mass is 16.6. The topological polar surface area (TPSA) is 81.5 Å². The molecular formula is C22H19N3O4. The number of rotatable bonds is 6. The lowest BCUT2D eigenvalue weighted by Gasteiger charge is -2.29. The molecular weight excluding hydrogens is 370 g/mol. The second-order valence-electron chi connectivity index (χ2n) is 6.83. The van der Waals surface area contributed by atoms with E-state index in [1.165, 1.54) is 22.8 Å². The highest BCUT2D eigenvalue weighted by molar-refractivity contribution is 5.75. The van der Waals surface area contributed by atoms with Crippen LogP contribution in [0.25, 0.3) is 11.1 Å². The first kappa shape index (κ1) is 18.6. The highest BCUT2D eigenvalue weighted by Gasteiger charge is 2.22. The minimum absolute atomic E-state index is 0.0858. The van der Waals surface area contributed by atoms with Crippen molar-refractivity contribution in [1.82, 2.24) is 9.47 Å². The van der Waals surface area contributed by atoms with Crippen molar-refractivity contribution in [3.63, 3.8) is 0 Å². The molecule has 0 spiro atoms. The van der Waals surface area contributed by atoms with Crippen molar-refractivity contribution in [1.29, 1.82) is 0 Å². The number of nitro benzene ring substituents is 1. The Labute approximate surface area is 166 Å². The maximum atomic E-state index is 12.5. The minimum atomic E-state index is -0.549. The molecule has 0 atom stereocenters. The number of oxazole rings is 1. The van der Waals surface area contributed by atoms with Gasteiger partial charge in [-0.05, 0) is 24.2 Å². The molecule has 0 N–H and O–H groups in total. The SMILES string of the molecule is CN(Cn1c(=O)oc2ccc([N+](=O)[O-])cc21)C(c1ccccc1)c1ccccc1. The van der Waals surface area contributed by atoms with Gasteiger partial charge in [0, 0.05) is 12.1 Å². The Morgan fingerprint density at radius 3 is 2.14 bits per heavy atom. The first-order valence-corrected chi connectivity index (χ1v) is 9.12. The van der Waals surface area contributed by atoms with Gasteiger partial charge in [0.25, 0.3) is 5.69 Å². The molecule has 7 heteroatoms. The number of non-ortho nitro benzene ring substituents is 1. The van der Waals surface area contributed by atoms with Gasteiger partial charge in [0.15, 0.2) is 5.58 Å². The molecule has 0 aliphatic carbocycles. The molecule has 0 radical (unpaired) electrons. The zero-order valence-electron chi connectivity index (χ0n) is 15.8. The molecule has 0 bridgehead atoms. The van der Waals surface area contributed by atoms with Gasteiger partial charge < -0.3 is 4.42 Å². The number of nitrogens with zero attached hydrogens (tertiary/aromatic N) is 3. The summed E-state index contributed by atoms with van der Waals surface area (Å²) < 4.78 is 6.70. The van der Waals surface area contributed by atoms with Gasteiger partial charge in [-0.15, -0.1) is 0 Å². The number of nitro groups is 1. The smallest absolute Gasteiger partial charge is 0.408 e. The Kier molecular flexibility index (Phi) is 4.97. The largest absolute Gasteiger partial charge is 0.421 e. The van der Waals surface area contributed by atoms with Crippen LogP contribution in [0.5, 0.6) is 0 Å². The van der Waals surface area contributed by atoms with Gasteiger partial charge in [-0.25, -0.2) is 4.79 Å². The van der Waals surface area contributed by atoms with Crippen molar-refractivity contribution in [2.75, 3.05) is 7.05 Å². The monoisotopic (exact) mass is 389 g/mol. The van der Waals surface area contributed by atoms with Crippen LogP contribution >= 0.6 is 0 Å². The van der Waals surface area contributed by atoms with Gasteiger partial charge in [-0.1, -0.05) is 60.7 Å². The maximum Gasteiger partial charge on any atom is 0.421 e. The van der Waals surface area contributed by atoms with E-state index in [1.54, 1.807) is 0 Å². The first-order chi connectivity index (χ1) is 14.0. The molecule has 3 aromatic carbocycles. The maximum absolute atomic E-state index is 12.5. The van der Waals surface area contributed by atoms with E-state index < -0.39 is 10.7 Å². The van der Waals surface area contributed by atoms with Crippen LogP contribution in [0.4, 0.5) is 5.69 Å². The summed E-state index contributed by atoms with van der Waals surface area (Å²) >= 11 is 0. The van der Waals surface area contributed by atoms with E-state index in [0.717, 1.165) is 11.1 Å². The van der Waals surface area contributed by atoms with Gasteiger partial charge in [0.2, 0.25) is 0 Å². The Balaban J connectivity index is 1.76. The van der Waals surface area contributed by atoms with Crippen LogP contribution < -0.4 is 5.76 Å². The predicted molar refractivity (Wildman–Crippen MR) is 110 cm³/mol. The Hall–Kier alpha value is -3.71. The van der Waals surface area contributed by atoms with Gasteiger partial charge in [-0.2, -0.15) is 0 Å². The number of benzene rings is 3. The normalized spacial score (nSPS) is 11.4. The van der Waals surface area contributed by atoms with E-state index in [2.05, 4.69) is 0 Å². The standard InChI is InChI=1S/C22H19N3O4/c1-23(21(16-8-4-2-5-9-16)17-10-6-3-7-11-17)15-24-19-14-18(25(27)28)12-13-20(19)29-22(24)26/h2-14,21H,15H2,1H3. The molecule has 0 amide bonds. The molecule has 1 aromatic heterocycles. The van der Waals surface area contributed by atoms with Crippen molar-refractivity contribution in [2.24, 2.45) is 0 Å². The quantitative estimate of drug-likeness (QED) is 0.365. The number of fused-ring (bicyclic) bond motifs is 1. The molecule has 0 fully saturated rings. The molecule has 1 heterocycles. The van der Waals surface area contributed by atoms with Gasteiger partial charge >= 0.3 is 5.76 Å². The van der Waals surface area contributed by atoms with E-state index in [4.69, 9.17) is 4.42 Å². The van der Waals surface area contributed by atoms with Crippen molar-refractivity contribution < 1.29 is 9.34 Å². The van der Waals surface area contributed by atoms with Crippen molar-refractivity contribution in [2.45, 2.75) is 12.7 Å². The predicted octanol–water partition coefficient (Wildman–Crippen LogP) is 4.18. The fraction of sp³-hybridized carbons (Fsp3) is 0.136. The van der Waals surface area contributed by atoms with Crippen LogP contribution in [0.15, 0.2) is 88.1 Å². The zero-order chi connectivity index (χ0) is 20.4. The second-order valence-corrected chi connectivity index (χ2v) is 6.83. The molecule has 146 valence electrons. The zero-order valence-corrected chi connectivity index (χ0v) is 15.8. The lowest BCUT2D eigenvalue weighted by Crippen LogP contribution is -2.31. The molecule has 4 aromatic rings. The third kappa shape index (κ3) is 3.68. The highest BCUT2D eigenvalue weighted by Crippen LogP contribution is 2.28. The van der Waals surface area contributed by atoms with Crippen LogP contribution in [0.2, 0.25) is 0 Å². The fourth-order valence-electron chi connectivity index (χ4n) is 3.57. The van der Waals surface area contributed by atoms with Crippen molar-refractivity contribution in [3.8, 4) is 0 Å². The van der Waals surface area contributed by atoms with Crippen molar-refractivity contribution >= 4 is 16.8 Å². The Morgan fingerprint density at radius 2 is 1.59 bits per heavy atom. The van der Waals surface area contributed by atoms with Crippen LogP contribution in [-0.2, 0) is 6.67 Å². The molecule has 0 saturated carbocycles. The molecule has 0 unspecified atom stereocenters. The number of aromatic nitrogens is 1. The number of hydrogen-bond acceptors (Lipinski definition) is 5. The molecule has 0 aliphatic rings. The van der Waals surface area contributed by atoms with Crippen LogP contribution in [0.1, 0.15) is 17.2 Å². The average molecular weight is 389 g/mol. The second kappa shape index (κ2) is 7.73. The van der Waals surface area contributed by atoms with Crippen molar-refractivity contribution in [3.05, 3.63) is 111 Å². The molecule has 7 nitrogen and oxygen atoms in total. The third-order valence-corrected chi connectivity index (χ3v) is 4.90. The van der Waals surface area contributed by atoms with E-state index in [9.17, 15) is 14.9 Å². The van der Waals surface area contributed by atoms with E-state index in [-0.39, 0.29) is 18.4 Å². The summed E-state index contributed by atoms with van der Waals surface area (Å²) in [6, 6.07) is 24.0. The summed E-state index contributed by atoms with van der Waals surface area (Å²) in [7, 11) is 1.91.